The minimum atomic E-state index is -1.97. The van der Waals surface area contributed by atoms with E-state index in [-0.39, 0.29) is 22.3 Å². The molecule has 0 aromatic heterocycles. The average Bonchev–Trinajstić information content (AvgIpc) is 2.15. The SMILES string of the molecule is CC(O)(CNc1c(Cl)cc(F)cc1Cl)C(=O)O. The lowest BCUT2D eigenvalue weighted by Gasteiger charge is -2.20. The van der Waals surface area contributed by atoms with Crippen molar-refractivity contribution in [1.82, 2.24) is 0 Å². The molecular formula is C10H10Cl2FNO3. The van der Waals surface area contributed by atoms with Crippen molar-refractivity contribution < 1.29 is 19.4 Å². The molecule has 1 unspecified atom stereocenters. The van der Waals surface area contributed by atoms with Crippen LogP contribution >= 0.6 is 23.2 Å². The second-order valence-corrected chi connectivity index (χ2v) is 4.49. The van der Waals surface area contributed by atoms with E-state index in [0.717, 1.165) is 19.1 Å². The molecule has 1 atom stereocenters. The Morgan fingerprint density at radius 3 is 2.35 bits per heavy atom. The van der Waals surface area contributed by atoms with Gasteiger partial charge in [-0.2, -0.15) is 0 Å². The maximum atomic E-state index is 12.9. The summed E-state index contributed by atoms with van der Waals surface area (Å²) in [4.78, 5) is 10.7. The number of carboxylic acids is 1. The molecule has 94 valence electrons. The number of rotatable bonds is 4. The van der Waals surface area contributed by atoms with Crippen molar-refractivity contribution in [2.75, 3.05) is 11.9 Å². The molecule has 17 heavy (non-hydrogen) atoms. The normalized spacial score (nSPS) is 14.2. The smallest absolute Gasteiger partial charge is 0.337 e. The van der Waals surface area contributed by atoms with Crippen LogP contribution in [0.1, 0.15) is 6.92 Å². The number of aliphatic hydroxyl groups is 1. The maximum Gasteiger partial charge on any atom is 0.337 e. The Morgan fingerprint density at radius 2 is 1.94 bits per heavy atom. The second-order valence-electron chi connectivity index (χ2n) is 3.68. The highest BCUT2D eigenvalue weighted by Gasteiger charge is 2.30. The van der Waals surface area contributed by atoms with E-state index in [1.54, 1.807) is 0 Å². The first kappa shape index (κ1) is 14.0. The molecule has 0 heterocycles. The largest absolute Gasteiger partial charge is 0.479 e. The van der Waals surface area contributed by atoms with E-state index in [2.05, 4.69) is 5.32 Å². The third-order valence-corrected chi connectivity index (χ3v) is 2.67. The summed E-state index contributed by atoms with van der Waals surface area (Å²) in [6.07, 6.45) is 0. The maximum absolute atomic E-state index is 12.9. The Labute approximate surface area is 107 Å². The fourth-order valence-corrected chi connectivity index (χ4v) is 1.64. The van der Waals surface area contributed by atoms with Crippen molar-refractivity contribution in [3.8, 4) is 0 Å². The van der Waals surface area contributed by atoms with Crippen LogP contribution in [-0.4, -0.2) is 28.3 Å². The third-order valence-electron chi connectivity index (χ3n) is 2.08. The van der Waals surface area contributed by atoms with Gasteiger partial charge in [0.2, 0.25) is 0 Å². The first-order chi connectivity index (χ1) is 7.74. The molecule has 0 saturated carbocycles. The molecule has 0 aliphatic carbocycles. The van der Waals surface area contributed by atoms with Crippen LogP contribution < -0.4 is 5.32 Å². The van der Waals surface area contributed by atoms with Crippen LogP contribution in [0.4, 0.5) is 10.1 Å². The number of hydrogen-bond acceptors (Lipinski definition) is 3. The Bertz CT molecular complexity index is 428. The van der Waals surface area contributed by atoms with Gasteiger partial charge < -0.3 is 15.5 Å². The van der Waals surface area contributed by atoms with Gasteiger partial charge in [0.25, 0.3) is 0 Å². The van der Waals surface area contributed by atoms with Gasteiger partial charge in [-0.25, -0.2) is 9.18 Å². The number of nitrogens with one attached hydrogen (secondary N) is 1. The van der Waals surface area contributed by atoms with E-state index >= 15 is 0 Å². The summed E-state index contributed by atoms with van der Waals surface area (Å²) in [7, 11) is 0. The quantitative estimate of drug-likeness (QED) is 0.793. The Morgan fingerprint density at radius 1 is 1.47 bits per heavy atom. The van der Waals surface area contributed by atoms with Gasteiger partial charge in [0.1, 0.15) is 5.82 Å². The summed E-state index contributed by atoms with van der Waals surface area (Å²) >= 11 is 11.5. The van der Waals surface area contributed by atoms with Crippen LogP contribution in [-0.2, 0) is 4.79 Å². The average molecular weight is 282 g/mol. The van der Waals surface area contributed by atoms with Crippen molar-refractivity contribution >= 4 is 34.9 Å². The summed E-state index contributed by atoms with van der Waals surface area (Å²) < 4.78 is 12.9. The molecule has 0 radical (unpaired) electrons. The van der Waals surface area contributed by atoms with Crippen molar-refractivity contribution in [3.05, 3.63) is 28.0 Å². The van der Waals surface area contributed by atoms with Gasteiger partial charge in [-0.1, -0.05) is 23.2 Å². The van der Waals surface area contributed by atoms with E-state index in [4.69, 9.17) is 28.3 Å². The van der Waals surface area contributed by atoms with Crippen molar-refractivity contribution in [1.29, 1.82) is 0 Å². The predicted octanol–water partition coefficient (Wildman–Crippen LogP) is 2.38. The Kier molecular flexibility index (Phi) is 4.19. The number of carboxylic acid groups (broad SMARTS) is 1. The molecular weight excluding hydrogens is 272 g/mol. The molecule has 1 aromatic rings. The van der Waals surface area contributed by atoms with Gasteiger partial charge in [0.15, 0.2) is 5.60 Å². The highest BCUT2D eigenvalue weighted by atomic mass is 35.5. The number of anilines is 1. The summed E-state index contributed by atoms with van der Waals surface area (Å²) in [5, 5.41) is 20.7. The van der Waals surface area contributed by atoms with Crippen LogP contribution in [0.5, 0.6) is 0 Å². The number of aliphatic carboxylic acids is 1. The number of halogens is 3. The van der Waals surface area contributed by atoms with E-state index < -0.39 is 17.4 Å². The molecule has 0 spiro atoms. The third kappa shape index (κ3) is 3.46. The first-order valence-electron chi connectivity index (χ1n) is 4.58. The molecule has 0 amide bonds. The minimum Gasteiger partial charge on any atom is -0.479 e. The van der Waals surface area contributed by atoms with Crippen LogP contribution in [0.25, 0.3) is 0 Å². The lowest BCUT2D eigenvalue weighted by atomic mass is 10.1. The lowest BCUT2D eigenvalue weighted by molar-refractivity contribution is -0.155. The monoisotopic (exact) mass is 281 g/mol. The van der Waals surface area contributed by atoms with Crippen LogP contribution in [0, 0.1) is 5.82 Å². The molecule has 1 rings (SSSR count). The molecule has 0 fully saturated rings. The topological polar surface area (TPSA) is 69.6 Å². The van der Waals surface area contributed by atoms with Crippen LogP contribution in [0.15, 0.2) is 12.1 Å². The van der Waals surface area contributed by atoms with Gasteiger partial charge in [-0.15, -0.1) is 0 Å². The van der Waals surface area contributed by atoms with Gasteiger partial charge in [0.05, 0.1) is 22.3 Å². The van der Waals surface area contributed by atoms with Gasteiger partial charge in [-0.3, -0.25) is 0 Å². The van der Waals surface area contributed by atoms with Gasteiger partial charge in [-0.05, 0) is 19.1 Å². The molecule has 7 heteroatoms. The van der Waals surface area contributed by atoms with Gasteiger partial charge >= 0.3 is 5.97 Å². The van der Waals surface area contributed by atoms with Crippen LogP contribution in [0.2, 0.25) is 10.0 Å². The molecule has 4 nitrogen and oxygen atoms in total. The molecule has 3 N–H and O–H groups in total. The Hall–Kier alpha value is -1.04. The zero-order valence-electron chi connectivity index (χ0n) is 8.80. The van der Waals surface area contributed by atoms with Crippen LogP contribution in [0.3, 0.4) is 0 Å². The number of hydrogen-bond donors (Lipinski definition) is 3. The zero-order chi connectivity index (χ0) is 13.2. The summed E-state index contributed by atoms with van der Waals surface area (Å²) in [6, 6.07) is 2.07. The molecule has 0 saturated heterocycles. The number of carbonyl (C=O) groups is 1. The van der Waals surface area contributed by atoms with E-state index in [9.17, 15) is 14.3 Å². The molecule has 0 aliphatic rings. The summed E-state index contributed by atoms with van der Waals surface area (Å²) in [6.45, 7) is 0.807. The first-order valence-corrected chi connectivity index (χ1v) is 5.34. The predicted molar refractivity (Wildman–Crippen MR) is 63.2 cm³/mol. The molecule has 0 bridgehead atoms. The molecule has 0 aliphatic heterocycles. The lowest BCUT2D eigenvalue weighted by Crippen LogP contribution is -2.41. The minimum absolute atomic E-state index is 0.0104. The standard InChI is InChI=1S/C10H10Cl2FNO3/c1-10(17,9(15)16)4-14-8-6(11)2-5(13)3-7(8)12/h2-3,14,17H,4H2,1H3,(H,15,16). The van der Waals surface area contributed by atoms with E-state index in [1.165, 1.54) is 0 Å². The van der Waals surface area contributed by atoms with E-state index in [1.807, 2.05) is 0 Å². The summed E-state index contributed by atoms with van der Waals surface area (Å²) in [5.74, 6) is -1.99. The van der Waals surface area contributed by atoms with Crippen molar-refractivity contribution in [3.63, 3.8) is 0 Å². The number of benzene rings is 1. The fraction of sp³-hybridized carbons (Fsp3) is 0.300. The fourth-order valence-electron chi connectivity index (χ4n) is 1.05. The highest BCUT2D eigenvalue weighted by Crippen LogP contribution is 2.31. The summed E-state index contributed by atoms with van der Waals surface area (Å²) in [5.41, 5.74) is -1.79. The highest BCUT2D eigenvalue weighted by molar-refractivity contribution is 6.39. The van der Waals surface area contributed by atoms with Crippen molar-refractivity contribution in [2.45, 2.75) is 12.5 Å². The van der Waals surface area contributed by atoms with E-state index in [0.29, 0.717) is 0 Å². The molecule has 1 aromatic carbocycles. The van der Waals surface area contributed by atoms with Gasteiger partial charge in [0, 0.05) is 0 Å². The zero-order valence-corrected chi connectivity index (χ0v) is 10.3. The second kappa shape index (κ2) is 5.08. The Balaban J connectivity index is 2.87. The van der Waals surface area contributed by atoms with Crippen molar-refractivity contribution in [2.24, 2.45) is 0 Å².